The second kappa shape index (κ2) is 18.4. The predicted molar refractivity (Wildman–Crippen MR) is 60.6 cm³/mol. The van der Waals surface area contributed by atoms with E-state index in [4.69, 9.17) is 0 Å². The molecule has 0 bridgehead atoms. The van der Waals surface area contributed by atoms with Crippen molar-refractivity contribution in [3.05, 3.63) is 20.8 Å². The van der Waals surface area contributed by atoms with Crippen LogP contribution in [-0.4, -0.2) is 0 Å². The summed E-state index contributed by atoms with van der Waals surface area (Å²) in [6.45, 7) is 23.2. The van der Waals surface area contributed by atoms with E-state index in [2.05, 4.69) is 62.3 Å². The Hall–Kier alpha value is 0.584. The van der Waals surface area contributed by atoms with Gasteiger partial charge in [-0.25, -0.2) is 0 Å². The van der Waals surface area contributed by atoms with Crippen molar-refractivity contribution >= 4 is 0 Å². The van der Waals surface area contributed by atoms with Crippen LogP contribution in [0.4, 0.5) is 0 Å². The molecule has 0 rings (SSSR count). The molecule has 0 aliphatic carbocycles. The standard InChI is InChI=1S/3C4H9.V/c3*1-4(2)3;/h3*4H,1H2,2-3H3;/q3*-1;. The number of rotatable bonds is 0. The van der Waals surface area contributed by atoms with Gasteiger partial charge in [-0.2, -0.15) is 17.8 Å². The van der Waals surface area contributed by atoms with E-state index in [0.29, 0.717) is 17.8 Å². The normalized spacial score (nSPS) is 8.31. The van der Waals surface area contributed by atoms with E-state index >= 15 is 0 Å². The summed E-state index contributed by atoms with van der Waals surface area (Å²) in [7, 11) is 0. The van der Waals surface area contributed by atoms with Crippen LogP contribution in [0.2, 0.25) is 0 Å². The van der Waals surface area contributed by atoms with E-state index < -0.39 is 0 Å². The molecule has 0 aromatic rings. The molecule has 13 heavy (non-hydrogen) atoms. The second-order valence-corrected chi connectivity index (χ2v) is 4.18. The third-order valence-corrected chi connectivity index (χ3v) is 0. The summed E-state index contributed by atoms with van der Waals surface area (Å²) in [6, 6.07) is 0. The van der Waals surface area contributed by atoms with Gasteiger partial charge in [-0.3, -0.25) is 0 Å². The van der Waals surface area contributed by atoms with Gasteiger partial charge in [0.2, 0.25) is 0 Å². The average Bonchev–Trinajstić information content (AvgIpc) is 1.54. The molecule has 0 saturated carbocycles. The Bertz CT molecular complexity index is 33.6. The molecule has 0 aromatic heterocycles. The first kappa shape index (κ1) is 23.4. The largest absolute Gasteiger partial charge is 0.341 e. The minimum Gasteiger partial charge on any atom is -0.341 e. The quantitative estimate of drug-likeness (QED) is 0.532. The SMILES string of the molecule is [CH2-]C(C)C.[CH2-]C(C)C.[CH2-]C(C)C.[V]. The topological polar surface area (TPSA) is 0 Å². The van der Waals surface area contributed by atoms with Gasteiger partial charge in [0.15, 0.2) is 0 Å². The van der Waals surface area contributed by atoms with Gasteiger partial charge in [-0.1, -0.05) is 41.5 Å². The van der Waals surface area contributed by atoms with Crippen molar-refractivity contribution in [3.8, 4) is 0 Å². The summed E-state index contributed by atoms with van der Waals surface area (Å²) in [5, 5.41) is 0. The Morgan fingerprint density at radius 1 is 0.538 bits per heavy atom. The molecule has 0 nitrogen and oxygen atoms in total. The Morgan fingerprint density at radius 2 is 0.538 bits per heavy atom. The molecule has 1 radical (unpaired) electrons. The Balaban J connectivity index is -0.0000000450. The van der Waals surface area contributed by atoms with E-state index in [0.717, 1.165) is 0 Å². The van der Waals surface area contributed by atoms with Crippen LogP contribution in [-0.2, 0) is 18.6 Å². The van der Waals surface area contributed by atoms with Crippen LogP contribution in [0.15, 0.2) is 0 Å². The first-order valence-electron chi connectivity index (χ1n) is 4.69. The van der Waals surface area contributed by atoms with Gasteiger partial charge >= 0.3 is 0 Å². The van der Waals surface area contributed by atoms with Crippen molar-refractivity contribution in [1.82, 2.24) is 0 Å². The monoisotopic (exact) mass is 222 g/mol. The molecule has 0 spiro atoms. The maximum absolute atomic E-state index is 3.64. The maximum Gasteiger partial charge on any atom is 0 e. The zero-order chi connectivity index (χ0) is 10.7. The van der Waals surface area contributed by atoms with Crippen molar-refractivity contribution in [2.45, 2.75) is 41.5 Å². The Kier molecular flexibility index (Phi) is 33.1. The van der Waals surface area contributed by atoms with Gasteiger partial charge in [0, 0.05) is 18.6 Å². The fourth-order valence-corrected chi connectivity index (χ4v) is 0. The Morgan fingerprint density at radius 3 is 0.538 bits per heavy atom. The van der Waals surface area contributed by atoms with Gasteiger partial charge in [0.1, 0.15) is 0 Å². The fraction of sp³-hybridized carbons (Fsp3) is 0.750. The van der Waals surface area contributed by atoms with E-state index in [1.165, 1.54) is 0 Å². The Labute approximate surface area is 98.8 Å². The third-order valence-electron chi connectivity index (χ3n) is 0. The number of hydrogen-bond donors (Lipinski definition) is 0. The second-order valence-electron chi connectivity index (χ2n) is 4.18. The van der Waals surface area contributed by atoms with Crippen LogP contribution in [0.1, 0.15) is 41.5 Å². The van der Waals surface area contributed by atoms with Crippen molar-refractivity contribution in [2.24, 2.45) is 17.8 Å². The molecule has 0 aliphatic heterocycles. The molecule has 0 N–H and O–H groups in total. The minimum atomic E-state index is 0. The first-order chi connectivity index (χ1) is 5.20. The molecule has 0 aliphatic rings. The van der Waals surface area contributed by atoms with Gasteiger partial charge < -0.3 is 20.8 Å². The van der Waals surface area contributed by atoms with Gasteiger partial charge in [0.05, 0.1) is 0 Å². The zero-order valence-electron chi connectivity index (χ0n) is 10.3. The van der Waals surface area contributed by atoms with Crippen LogP contribution >= 0.6 is 0 Å². The van der Waals surface area contributed by atoms with Crippen molar-refractivity contribution in [2.75, 3.05) is 0 Å². The van der Waals surface area contributed by atoms with Crippen LogP contribution in [0.5, 0.6) is 0 Å². The van der Waals surface area contributed by atoms with Crippen molar-refractivity contribution in [3.63, 3.8) is 0 Å². The molecule has 83 valence electrons. The molecule has 0 unspecified atom stereocenters. The predicted octanol–water partition coefficient (Wildman–Crippen LogP) is 4.43. The van der Waals surface area contributed by atoms with E-state index in [1.54, 1.807) is 0 Å². The number of hydrogen-bond acceptors (Lipinski definition) is 0. The summed E-state index contributed by atoms with van der Waals surface area (Å²) >= 11 is 0. The summed E-state index contributed by atoms with van der Waals surface area (Å²) in [6.07, 6.45) is 0. The van der Waals surface area contributed by atoms with Crippen LogP contribution < -0.4 is 0 Å². The molecule has 0 amide bonds. The molecule has 0 saturated heterocycles. The molecule has 0 aromatic carbocycles. The summed E-state index contributed by atoms with van der Waals surface area (Å²) in [4.78, 5) is 0. The summed E-state index contributed by atoms with van der Waals surface area (Å²) in [5.74, 6) is 1.75. The summed E-state index contributed by atoms with van der Waals surface area (Å²) in [5.41, 5.74) is 0. The molecule has 0 heterocycles. The van der Waals surface area contributed by atoms with E-state index in [-0.39, 0.29) is 18.6 Å². The maximum atomic E-state index is 3.64. The third kappa shape index (κ3) is 4130. The van der Waals surface area contributed by atoms with E-state index in [9.17, 15) is 0 Å². The zero-order valence-corrected chi connectivity index (χ0v) is 11.7. The van der Waals surface area contributed by atoms with Crippen LogP contribution in [0.3, 0.4) is 0 Å². The fourth-order valence-electron chi connectivity index (χ4n) is 0. The molecule has 0 atom stereocenters. The minimum absolute atomic E-state index is 0. The molecular formula is C12H27V-3. The van der Waals surface area contributed by atoms with Crippen molar-refractivity contribution < 1.29 is 18.6 Å². The molecule has 0 fully saturated rings. The van der Waals surface area contributed by atoms with Crippen LogP contribution in [0.25, 0.3) is 0 Å². The van der Waals surface area contributed by atoms with Gasteiger partial charge in [0.25, 0.3) is 0 Å². The van der Waals surface area contributed by atoms with Crippen LogP contribution in [0, 0.1) is 38.5 Å². The summed E-state index contributed by atoms with van der Waals surface area (Å²) < 4.78 is 0. The smallest absolute Gasteiger partial charge is 0 e. The first-order valence-corrected chi connectivity index (χ1v) is 4.69. The molecule has 1 heteroatoms. The average molecular weight is 222 g/mol. The van der Waals surface area contributed by atoms with Gasteiger partial charge in [-0.15, -0.1) is 0 Å². The van der Waals surface area contributed by atoms with E-state index in [1.807, 2.05) is 0 Å². The molecular weight excluding hydrogens is 195 g/mol. The van der Waals surface area contributed by atoms with Crippen molar-refractivity contribution in [1.29, 1.82) is 0 Å². The van der Waals surface area contributed by atoms with Gasteiger partial charge in [-0.05, 0) is 0 Å².